The minimum Gasteiger partial charge on any atom is -0.474 e. The molecule has 1 aromatic carbocycles. The molecule has 2 fully saturated rings. The van der Waals surface area contributed by atoms with Gasteiger partial charge in [0.25, 0.3) is 0 Å². The van der Waals surface area contributed by atoms with E-state index in [0.717, 1.165) is 43.4 Å². The molecule has 0 saturated carbocycles. The van der Waals surface area contributed by atoms with Gasteiger partial charge in [-0.15, -0.1) is 0 Å². The molecule has 2 aliphatic heterocycles. The van der Waals surface area contributed by atoms with Crippen molar-refractivity contribution in [2.45, 2.75) is 82.9 Å². The Bertz CT molecular complexity index is 962. The molecule has 3 N–H and O–H groups in total. The van der Waals surface area contributed by atoms with E-state index >= 15 is 0 Å². The number of para-hydroxylation sites is 1. The van der Waals surface area contributed by atoms with Gasteiger partial charge in [-0.3, -0.25) is 4.90 Å². The van der Waals surface area contributed by atoms with E-state index < -0.39 is 11.8 Å². The maximum atomic E-state index is 10.9. The second-order valence-electron chi connectivity index (χ2n) is 9.86. The van der Waals surface area contributed by atoms with Gasteiger partial charge in [0.2, 0.25) is 5.88 Å². The van der Waals surface area contributed by atoms with E-state index in [2.05, 4.69) is 20.2 Å². The SMILES string of the molecule is Cc1c(Nc2ccccc2Cl)ncnc1OC1CC2CCCC(C1)N2C(O)COC(C)(C)CO. The molecule has 8 nitrogen and oxygen atoms in total. The Morgan fingerprint density at radius 3 is 2.59 bits per heavy atom. The summed E-state index contributed by atoms with van der Waals surface area (Å²) in [5, 5.41) is 24.2. The van der Waals surface area contributed by atoms with Crippen LogP contribution in [0.2, 0.25) is 5.02 Å². The van der Waals surface area contributed by atoms with Crippen LogP contribution in [0.25, 0.3) is 0 Å². The number of anilines is 2. The minimum absolute atomic E-state index is 0.00955. The van der Waals surface area contributed by atoms with Gasteiger partial charge < -0.3 is 25.0 Å². The number of nitrogens with zero attached hydrogens (tertiary/aromatic N) is 3. The lowest BCUT2D eigenvalue weighted by molar-refractivity contribution is -0.165. The fourth-order valence-corrected chi connectivity index (χ4v) is 5.09. The van der Waals surface area contributed by atoms with Crippen molar-refractivity contribution in [2.75, 3.05) is 18.5 Å². The number of fused-ring (bicyclic) bond motifs is 2. The van der Waals surface area contributed by atoms with Crippen LogP contribution >= 0.6 is 11.6 Å². The number of benzene rings is 1. The third-order valence-electron chi connectivity index (χ3n) is 6.78. The summed E-state index contributed by atoms with van der Waals surface area (Å²) in [6.45, 7) is 5.66. The predicted octanol–water partition coefficient (Wildman–Crippen LogP) is 4.05. The van der Waals surface area contributed by atoms with Crippen LogP contribution in [0.15, 0.2) is 30.6 Å². The van der Waals surface area contributed by atoms with E-state index in [1.165, 1.54) is 6.33 Å². The standard InChI is InChI=1S/C25H35ClN4O4/c1-16-23(29-21-10-5-4-9-20(21)26)27-15-28-24(16)34-19-11-17-7-6-8-18(12-19)30(17)22(32)13-33-25(2,3)14-31/h4-5,9-10,15,17-19,22,31-32H,6-8,11-14H2,1-3H3,(H,27,28,29). The largest absolute Gasteiger partial charge is 0.474 e. The molecule has 2 aliphatic rings. The number of aliphatic hydroxyl groups excluding tert-OH is 2. The number of hydrogen-bond donors (Lipinski definition) is 3. The zero-order chi connectivity index (χ0) is 24.3. The Kier molecular flexibility index (Phi) is 7.94. The number of aliphatic hydroxyl groups is 2. The van der Waals surface area contributed by atoms with Gasteiger partial charge in [0.05, 0.1) is 35.1 Å². The van der Waals surface area contributed by atoms with E-state index in [0.29, 0.717) is 16.7 Å². The average Bonchev–Trinajstić information content (AvgIpc) is 2.81. The van der Waals surface area contributed by atoms with Crippen molar-refractivity contribution in [2.24, 2.45) is 0 Å². The molecule has 0 aliphatic carbocycles. The number of halogens is 1. The first-order chi connectivity index (χ1) is 16.3. The van der Waals surface area contributed by atoms with E-state index in [-0.39, 0.29) is 31.4 Å². The van der Waals surface area contributed by atoms with Gasteiger partial charge in [0.15, 0.2) is 0 Å². The molecule has 186 valence electrons. The second kappa shape index (κ2) is 10.7. The average molecular weight is 491 g/mol. The summed E-state index contributed by atoms with van der Waals surface area (Å²) < 4.78 is 12.2. The first kappa shape index (κ1) is 25.1. The first-order valence-electron chi connectivity index (χ1n) is 12.0. The molecule has 0 spiro atoms. The van der Waals surface area contributed by atoms with Gasteiger partial charge in [-0.05, 0) is 45.7 Å². The van der Waals surface area contributed by atoms with Crippen molar-refractivity contribution in [3.63, 3.8) is 0 Å². The topological polar surface area (TPSA) is 100.0 Å². The fourth-order valence-electron chi connectivity index (χ4n) is 4.91. The van der Waals surface area contributed by atoms with Crippen molar-refractivity contribution in [3.8, 4) is 5.88 Å². The molecule has 0 radical (unpaired) electrons. The van der Waals surface area contributed by atoms with Crippen LogP contribution in [0.4, 0.5) is 11.5 Å². The quantitative estimate of drug-likeness (QED) is 0.484. The Morgan fingerprint density at radius 2 is 1.91 bits per heavy atom. The molecular formula is C25H35ClN4O4. The van der Waals surface area contributed by atoms with Crippen molar-refractivity contribution in [1.82, 2.24) is 14.9 Å². The van der Waals surface area contributed by atoms with Crippen LogP contribution < -0.4 is 10.1 Å². The summed E-state index contributed by atoms with van der Waals surface area (Å²) in [6.07, 6.45) is 5.61. The van der Waals surface area contributed by atoms with Crippen molar-refractivity contribution in [1.29, 1.82) is 0 Å². The van der Waals surface area contributed by atoms with Crippen LogP contribution in [0.3, 0.4) is 0 Å². The molecule has 9 heteroatoms. The summed E-state index contributed by atoms with van der Waals surface area (Å²) in [4.78, 5) is 11.0. The Hall–Kier alpha value is -1.97. The molecule has 2 bridgehead atoms. The molecule has 0 amide bonds. The van der Waals surface area contributed by atoms with Crippen LogP contribution in [0.5, 0.6) is 5.88 Å². The lowest BCUT2D eigenvalue weighted by Crippen LogP contribution is -2.59. The van der Waals surface area contributed by atoms with E-state index in [1.54, 1.807) is 0 Å². The number of ether oxygens (including phenoxy) is 2. The molecule has 2 aromatic rings. The van der Waals surface area contributed by atoms with Gasteiger partial charge in [-0.1, -0.05) is 30.2 Å². The van der Waals surface area contributed by atoms with Crippen molar-refractivity contribution in [3.05, 3.63) is 41.2 Å². The lowest BCUT2D eigenvalue weighted by Gasteiger charge is -2.50. The molecule has 4 rings (SSSR count). The summed E-state index contributed by atoms with van der Waals surface area (Å²) in [6, 6.07) is 7.97. The van der Waals surface area contributed by atoms with Crippen molar-refractivity contribution >= 4 is 23.1 Å². The first-order valence-corrected chi connectivity index (χ1v) is 12.4. The number of piperidine rings is 2. The summed E-state index contributed by atoms with van der Waals surface area (Å²) in [5.74, 6) is 1.23. The summed E-state index contributed by atoms with van der Waals surface area (Å²) in [7, 11) is 0. The second-order valence-corrected chi connectivity index (χ2v) is 10.3. The van der Waals surface area contributed by atoms with Crippen LogP contribution in [0, 0.1) is 6.92 Å². The minimum atomic E-state index is -0.700. The molecule has 3 heterocycles. The van der Waals surface area contributed by atoms with Gasteiger partial charge >= 0.3 is 0 Å². The highest BCUT2D eigenvalue weighted by Gasteiger charge is 2.42. The number of nitrogens with one attached hydrogen (secondary N) is 1. The summed E-state index contributed by atoms with van der Waals surface area (Å²) in [5.41, 5.74) is 0.938. The zero-order valence-corrected chi connectivity index (χ0v) is 20.8. The number of hydrogen-bond acceptors (Lipinski definition) is 8. The molecule has 2 saturated heterocycles. The van der Waals surface area contributed by atoms with Gasteiger partial charge in [0, 0.05) is 24.9 Å². The van der Waals surface area contributed by atoms with Gasteiger partial charge in [0.1, 0.15) is 24.5 Å². The predicted molar refractivity (Wildman–Crippen MR) is 132 cm³/mol. The molecule has 3 unspecified atom stereocenters. The summed E-state index contributed by atoms with van der Waals surface area (Å²) >= 11 is 6.29. The maximum absolute atomic E-state index is 10.9. The van der Waals surface area contributed by atoms with Gasteiger partial charge in [-0.25, -0.2) is 9.97 Å². The van der Waals surface area contributed by atoms with Crippen LogP contribution in [-0.4, -0.2) is 68.3 Å². The highest BCUT2D eigenvalue weighted by molar-refractivity contribution is 6.33. The van der Waals surface area contributed by atoms with E-state index in [4.69, 9.17) is 21.1 Å². The highest BCUT2D eigenvalue weighted by atomic mass is 35.5. The number of aromatic nitrogens is 2. The monoisotopic (exact) mass is 490 g/mol. The smallest absolute Gasteiger partial charge is 0.221 e. The highest BCUT2D eigenvalue weighted by Crippen LogP contribution is 2.38. The Labute approximate surface area is 206 Å². The molecular weight excluding hydrogens is 456 g/mol. The Morgan fingerprint density at radius 1 is 1.21 bits per heavy atom. The van der Waals surface area contributed by atoms with E-state index in [1.807, 2.05) is 45.0 Å². The van der Waals surface area contributed by atoms with Crippen molar-refractivity contribution < 1.29 is 19.7 Å². The normalized spacial score (nSPS) is 24.0. The third-order valence-corrected chi connectivity index (χ3v) is 7.11. The molecule has 34 heavy (non-hydrogen) atoms. The third kappa shape index (κ3) is 5.80. The fraction of sp³-hybridized carbons (Fsp3) is 0.600. The maximum Gasteiger partial charge on any atom is 0.221 e. The lowest BCUT2D eigenvalue weighted by atomic mass is 9.82. The molecule has 1 aromatic heterocycles. The van der Waals surface area contributed by atoms with E-state index in [9.17, 15) is 10.2 Å². The van der Waals surface area contributed by atoms with Gasteiger partial charge in [-0.2, -0.15) is 0 Å². The molecule has 3 atom stereocenters. The zero-order valence-electron chi connectivity index (χ0n) is 20.1. The number of rotatable bonds is 9. The van der Waals surface area contributed by atoms with Crippen LogP contribution in [0.1, 0.15) is 51.5 Å². The van der Waals surface area contributed by atoms with Crippen LogP contribution in [-0.2, 0) is 4.74 Å². The Balaban J connectivity index is 1.42.